The summed E-state index contributed by atoms with van der Waals surface area (Å²) in [5.41, 5.74) is 1.89. The molecule has 194 valence electrons. The average Bonchev–Trinajstić information content (AvgIpc) is 2.93. The Morgan fingerprint density at radius 1 is 0.868 bits per heavy atom. The number of benzene rings is 3. The van der Waals surface area contributed by atoms with Gasteiger partial charge in [-0.3, -0.25) is 9.78 Å². The van der Waals surface area contributed by atoms with Crippen LogP contribution in [0.3, 0.4) is 0 Å². The Hall–Kier alpha value is -4.05. The summed E-state index contributed by atoms with van der Waals surface area (Å²) in [4.78, 5) is 28.9. The number of aliphatic carboxylic acids is 1. The van der Waals surface area contributed by atoms with Crippen LogP contribution < -0.4 is 5.32 Å². The molecule has 3 aromatic carbocycles. The van der Waals surface area contributed by atoms with E-state index in [1.165, 1.54) is 40.7 Å². The summed E-state index contributed by atoms with van der Waals surface area (Å²) >= 11 is 5.94. The number of nitrogens with zero attached hydrogens (tertiary/aromatic N) is 2. The van der Waals surface area contributed by atoms with Crippen LogP contribution in [0.5, 0.6) is 0 Å². The maximum atomic E-state index is 13.5. The summed E-state index contributed by atoms with van der Waals surface area (Å²) in [6.45, 7) is 0.0522. The van der Waals surface area contributed by atoms with Crippen molar-refractivity contribution in [3.05, 3.63) is 131 Å². The molecule has 0 aliphatic rings. The molecule has 38 heavy (non-hydrogen) atoms. The van der Waals surface area contributed by atoms with E-state index in [0.717, 1.165) is 0 Å². The zero-order valence-corrected chi connectivity index (χ0v) is 21.6. The Morgan fingerprint density at radius 2 is 1.53 bits per heavy atom. The largest absolute Gasteiger partial charge is 0.479 e. The average molecular weight is 550 g/mol. The van der Waals surface area contributed by atoms with E-state index >= 15 is 0 Å². The Bertz CT molecular complexity index is 1500. The van der Waals surface area contributed by atoms with E-state index in [4.69, 9.17) is 11.6 Å². The molecule has 8 nitrogen and oxygen atoms in total. The number of amides is 1. The van der Waals surface area contributed by atoms with E-state index in [1.807, 2.05) is 0 Å². The molecule has 2 N–H and O–H groups in total. The van der Waals surface area contributed by atoms with Crippen molar-refractivity contribution >= 4 is 33.5 Å². The van der Waals surface area contributed by atoms with Crippen LogP contribution in [0.1, 0.15) is 33.2 Å². The van der Waals surface area contributed by atoms with E-state index < -0.39 is 27.9 Å². The van der Waals surface area contributed by atoms with Crippen LogP contribution in [-0.4, -0.2) is 34.7 Å². The van der Waals surface area contributed by atoms with Crippen molar-refractivity contribution in [1.82, 2.24) is 14.6 Å². The van der Waals surface area contributed by atoms with Crippen LogP contribution in [0.4, 0.5) is 0 Å². The first-order valence-electron chi connectivity index (χ1n) is 11.6. The highest BCUT2D eigenvalue weighted by Crippen LogP contribution is 2.23. The maximum absolute atomic E-state index is 13.5. The molecule has 4 rings (SSSR count). The minimum atomic E-state index is -3.91. The van der Waals surface area contributed by atoms with Gasteiger partial charge >= 0.3 is 5.97 Å². The molecular formula is C28H24ClN3O5S. The van der Waals surface area contributed by atoms with Gasteiger partial charge in [-0.1, -0.05) is 60.1 Å². The highest BCUT2D eigenvalue weighted by Gasteiger charge is 2.26. The number of sulfonamides is 1. The molecule has 4 aromatic rings. The van der Waals surface area contributed by atoms with Gasteiger partial charge in [-0.25, -0.2) is 13.2 Å². The lowest BCUT2D eigenvalue weighted by Gasteiger charge is -2.22. The lowest BCUT2D eigenvalue weighted by molar-refractivity contribution is -0.139. The summed E-state index contributed by atoms with van der Waals surface area (Å²) in [7, 11) is -3.91. The second-order valence-electron chi connectivity index (χ2n) is 8.40. The summed E-state index contributed by atoms with van der Waals surface area (Å²) in [6, 6.07) is 24.7. The number of aromatic nitrogens is 1. The van der Waals surface area contributed by atoms with Gasteiger partial charge in [0, 0.05) is 23.3 Å². The first-order chi connectivity index (χ1) is 18.2. The van der Waals surface area contributed by atoms with Crippen LogP contribution >= 0.6 is 11.6 Å². The molecular weight excluding hydrogens is 526 g/mol. The molecule has 1 atom stereocenters. The van der Waals surface area contributed by atoms with Gasteiger partial charge in [0.1, 0.15) is 0 Å². The minimum absolute atomic E-state index is 0.0190. The molecule has 0 aliphatic heterocycles. The van der Waals surface area contributed by atoms with E-state index in [-0.39, 0.29) is 23.5 Å². The van der Waals surface area contributed by atoms with Crippen LogP contribution in [0.2, 0.25) is 5.02 Å². The fraction of sp³-hybridized carbons (Fsp3) is 0.107. The molecule has 0 spiro atoms. The van der Waals surface area contributed by atoms with Crippen LogP contribution in [0.25, 0.3) is 0 Å². The number of hydrogen-bond acceptors (Lipinski definition) is 5. The molecule has 1 amide bonds. The molecule has 0 radical (unpaired) electrons. The quantitative estimate of drug-likeness (QED) is 0.296. The Kier molecular flexibility index (Phi) is 8.52. The molecule has 1 heterocycles. The van der Waals surface area contributed by atoms with Gasteiger partial charge in [0.25, 0.3) is 5.91 Å². The van der Waals surface area contributed by atoms with Gasteiger partial charge in [-0.2, -0.15) is 4.31 Å². The summed E-state index contributed by atoms with van der Waals surface area (Å²) in [5, 5.41) is 12.5. The van der Waals surface area contributed by atoms with E-state index in [2.05, 4.69) is 10.3 Å². The molecule has 0 aliphatic carbocycles. The number of pyridine rings is 1. The van der Waals surface area contributed by atoms with Gasteiger partial charge in [0.15, 0.2) is 6.04 Å². The van der Waals surface area contributed by atoms with E-state index in [0.29, 0.717) is 21.8 Å². The topological polar surface area (TPSA) is 117 Å². The van der Waals surface area contributed by atoms with E-state index in [1.54, 1.807) is 66.9 Å². The lowest BCUT2D eigenvalue weighted by Crippen LogP contribution is -2.33. The van der Waals surface area contributed by atoms with Crippen molar-refractivity contribution in [1.29, 1.82) is 0 Å². The third kappa shape index (κ3) is 6.63. The second-order valence-corrected chi connectivity index (χ2v) is 10.8. The summed E-state index contributed by atoms with van der Waals surface area (Å²) in [5.74, 6) is -1.74. The highest BCUT2D eigenvalue weighted by molar-refractivity contribution is 7.89. The first-order valence-corrected chi connectivity index (χ1v) is 13.4. The zero-order valence-electron chi connectivity index (χ0n) is 20.1. The van der Waals surface area contributed by atoms with Gasteiger partial charge in [0.2, 0.25) is 10.0 Å². The monoisotopic (exact) mass is 549 g/mol. The number of hydrogen-bond donors (Lipinski definition) is 2. The van der Waals surface area contributed by atoms with Crippen molar-refractivity contribution in [2.24, 2.45) is 0 Å². The van der Waals surface area contributed by atoms with Crippen molar-refractivity contribution < 1.29 is 23.1 Å². The highest BCUT2D eigenvalue weighted by atomic mass is 35.5. The zero-order chi connectivity index (χ0) is 27.1. The third-order valence-corrected chi connectivity index (χ3v) is 7.80. The van der Waals surface area contributed by atoms with Crippen molar-refractivity contribution in [2.45, 2.75) is 24.0 Å². The molecule has 0 saturated carbocycles. The number of carboxylic acid groups (broad SMARTS) is 1. The minimum Gasteiger partial charge on any atom is -0.479 e. The Balaban J connectivity index is 1.55. The fourth-order valence-corrected chi connectivity index (χ4v) is 5.29. The third-order valence-electron chi connectivity index (χ3n) is 5.75. The smallest absolute Gasteiger partial charge is 0.330 e. The predicted molar refractivity (Wildman–Crippen MR) is 143 cm³/mol. The molecule has 0 bridgehead atoms. The van der Waals surface area contributed by atoms with Crippen molar-refractivity contribution in [3.63, 3.8) is 0 Å². The first kappa shape index (κ1) is 27.0. The van der Waals surface area contributed by atoms with Gasteiger partial charge in [0.05, 0.1) is 17.1 Å². The number of carbonyl (C=O) groups excluding carboxylic acids is 1. The van der Waals surface area contributed by atoms with Crippen molar-refractivity contribution in [2.75, 3.05) is 0 Å². The molecule has 1 aromatic heterocycles. The molecule has 0 saturated heterocycles. The number of carboxylic acids is 1. The van der Waals surface area contributed by atoms with Crippen LogP contribution in [0.15, 0.2) is 108 Å². The molecule has 0 fully saturated rings. The fourth-order valence-electron chi connectivity index (χ4n) is 3.77. The van der Waals surface area contributed by atoms with Crippen LogP contribution in [-0.2, 0) is 27.9 Å². The summed E-state index contributed by atoms with van der Waals surface area (Å²) in [6.07, 6.45) is 1.59. The SMILES string of the molecule is O=C(N[C@H](C(=O)O)c1ccccc1)c1ccc(CN(Cc2ccccn2)S(=O)(=O)c2ccc(Cl)cc2)cc1. The Labute approximate surface area is 225 Å². The predicted octanol–water partition coefficient (Wildman–Crippen LogP) is 4.68. The van der Waals surface area contributed by atoms with E-state index in [9.17, 15) is 23.1 Å². The van der Waals surface area contributed by atoms with Gasteiger partial charge < -0.3 is 10.4 Å². The lowest BCUT2D eigenvalue weighted by atomic mass is 10.1. The standard InChI is InChI=1S/C28H24ClN3O5S/c29-23-13-15-25(16-14-23)38(36,37)32(19-24-8-4-5-17-30-24)18-20-9-11-22(12-10-20)27(33)31-26(28(34)35)21-6-2-1-3-7-21/h1-17,26H,18-19H2,(H,31,33)(H,34,35)/t26-/m0/s1. The van der Waals surface area contributed by atoms with Crippen molar-refractivity contribution in [3.8, 4) is 0 Å². The van der Waals surface area contributed by atoms with Gasteiger partial charge in [-0.05, 0) is 59.7 Å². The number of nitrogens with one attached hydrogen (secondary N) is 1. The molecule has 0 unspecified atom stereocenters. The van der Waals surface area contributed by atoms with Crippen LogP contribution in [0, 0.1) is 0 Å². The summed E-state index contributed by atoms with van der Waals surface area (Å²) < 4.78 is 28.3. The second kappa shape index (κ2) is 12.0. The number of carbonyl (C=O) groups is 2. The maximum Gasteiger partial charge on any atom is 0.330 e. The number of rotatable bonds is 10. The molecule has 10 heteroatoms. The number of halogens is 1. The normalized spacial score (nSPS) is 12.2. The Morgan fingerprint density at radius 3 is 2.13 bits per heavy atom. The van der Waals surface area contributed by atoms with Gasteiger partial charge in [-0.15, -0.1) is 0 Å².